The van der Waals surface area contributed by atoms with Gasteiger partial charge in [0.2, 0.25) is 0 Å². The van der Waals surface area contributed by atoms with Gasteiger partial charge in [-0.2, -0.15) is 0 Å². The molecule has 0 aliphatic carbocycles. The van der Waals surface area contributed by atoms with E-state index in [1.807, 2.05) is 68.6 Å². The standard InChI is InChI=1S/C22H25N5O/c1-5-20(18-7-6-12-23-13-18)27(4)22(28)17-10-8-16(9-11-17)19-14-24-15-21(25-19)26(2)3/h6-15,20H,5H2,1-4H3/t20-/m0/s1. The van der Waals surface area contributed by atoms with Crippen LogP contribution in [0.2, 0.25) is 0 Å². The monoisotopic (exact) mass is 375 g/mol. The molecule has 3 aromatic rings. The average Bonchev–Trinajstić information content (AvgIpc) is 2.74. The van der Waals surface area contributed by atoms with Gasteiger partial charge in [-0.05, 0) is 30.2 Å². The molecule has 0 fully saturated rings. The first-order chi connectivity index (χ1) is 13.5. The van der Waals surface area contributed by atoms with E-state index in [2.05, 4.69) is 21.9 Å². The summed E-state index contributed by atoms with van der Waals surface area (Å²) in [7, 11) is 5.69. The van der Waals surface area contributed by atoms with Crippen LogP contribution in [0.15, 0.2) is 61.2 Å². The molecule has 0 saturated carbocycles. The maximum Gasteiger partial charge on any atom is 0.254 e. The Labute approximate surface area is 165 Å². The van der Waals surface area contributed by atoms with Crippen molar-refractivity contribution in [3.8, 4) is 11.3 Å². The molecular formula is C22H25N5O. The van der Waals surface area contributed by atoms with Crippen LogP contribution >= 0.6 is 0 Å². The predicted molar refractivity (Wildman–Crippen MR) is 111 cm³/mol. The number of hydrogen-bond donors (Lipinski definition) is 0. The smallest absolute Gasteiger partial charge is 0.254 e. The Bertz CT molecular complexity index is 925. The van der Waals surface area contributed by atoms with Crippen molar-refractivity contribution in [2.45, 2.75) is 19.4 Å². The van der Waals surface area contributed by atoms with Gasteiger partial charge >= 0.3 is 0 Å². The van der Waals surface area contributed by atoms with Crippen molar-refractivity contribution < 1.29 is 4.79 Å². The zero-order chi connectivity index (χ0) is 20.1. The van der Waals surface area contributed by atoms with Crippen LogP contribution in [-0.4, -0.2) is 46.9 Å². The molecule has 1 amide bonds. The average molecular weight is 375 g/mol. The maximum atomic E-state index is 13.0. The lowest BCUT2D eigenvalue weighted by Crippen LogP contribution is -2.31. The van der Waals surface area contributed by atoms with Crippen molar-refractivity contribution in [2.24, 2.45) is 0 Å². The van der Waals surface area contributed by atoms with E-state index in [0.717, 1.165) is 29.1 Å². The van der Waals surface area contributed by atoms with Crippen LogP contribution in [0.3, 0.4) is 0 Å². The van der Waals surface area contributed by atoms with Gasteiger partial charge in [0.25, 0.3) is 5.91 Å². The Morgan fingerprint density at radius 1 is 1.00 bits per heavy atom. The summed E-state index contributed by atoms with van der Waals surface area (Å²) < 4.78 is 0. The summed E-state index contributed by atoms with van der Waals surface area (Å²) in [5.41, 5.74) is 3.38. The fourth-order valence-electron chi connectivity index (χ4n) is 3.15. The number of pyridine rings is 1. The van der Waals surface area contributed by atoms with Crippen molar-refractivity contribution in [3.05, 3.63) is 72.3 Å². The number of carbonyl (C=O) groups is 1. The molecule has 0 aliphatic rings. The molecule has 3 rings (SSSR count). The predicted octanol–water partition coefficient (Wildman–Crippen LogP) is 3.83. The molecule has 0 bridgehead atoms. The Kier molecular flexibility index (Phi) is 5.99. The van der Waals surface area contributed by atoms with Crippen LogP contribution in [0.25, 0.3) is 11.3 Å². The molecule has 28 heavy (non-hydrogen) atoms. The molecular weight excluding hydrogens is 350 g/mol. The highest BCUT2D eigenvalue weighted by Crippen LogP contribution is 2.25. The van der Waals surface area contributed by atoms with Crippen LogP contribution in [0.5, 0.6) is 0 Å². The van der Waals surface area contributed by atoms with E-state index < -0.39 is 0 Å². The van der Waals surface area contributed by atoms with Crippen molar-refractivity contribution in [1.82, 2.24) is 19.9 Å². The molecule has 0 radical (unpaired) electrons. The molecule has 6 nitrogen and oxygen atoms in total. The minimum absolute atomic E-state index is 0.0106. The van der Waals surface area contributed by atoms with Gasteiger partial charge in [0.1, 0.15) is 5.82 Å². The van der Waals surface area contributed by atoms with Crippen molar-refractivity contribution in [1.29, 1.82) is 0 Å². The zero-order valence-corrected chi connectivity index (χ0v) is 16.7. The molecule has 2 heterocycles. The Balaban J connectivity index is 1.81. The molecule has 1 atom stereocenters. The lowest BCUT2D eigenvalue weighted by molar-refractivity contribution is 0.0726. The fraction of sp³-hybridized carbons (Fsp3) is 0.273. The number of nitrogens with zero attached hydrogens (tertiary/aromatic N) is 5. The minimum Gasteiger partial charge on any atom is -0.361 e. The molecule has 1 aromatic carbocycles. The molecule has 6 heteroatoms. The van der Waals surface area contributed by atoms with Crippen LogP contribution in [-0.2, 0) is 0 Å². The molecule has 0 unspecified atom stereocenters. The SMILES string of the molecule is CC[C@@H](c1cccnc1)N(C)C(=O)c1ccc(-c2cncc(N(C)C)n2)cc1. The third-order valence-electron chi connectivity index (χ3n) is 4.75. The van der Waals surface area contributed by atoms with Gasteiger partial charge in [-0.3, -0.25) is 14.8 Å². The third-order valence-corrected chi connectivity index (χ3v) is 4.75. The highest BCUT2D eigenvalue weighted by atomic mass is 16.2. The number of rotatable bonds is 6. The van der Waals surface area contributed by atoms with Crippen LogP contribution in [0.4, 0.5) is 5.82 Å². The number of carbonyl (C=O) groups excluding carboxylic acids is 1. The fourth-order valence-corrected chi connectivity index (χ4v) is 3.15. The first-order valence-electron chi connectivity index (χ1n) is 9.28. The van der Waals surface area contributed by atoms with Crippen molar-refractivity contribution in [2.75, 3.05) is 26.0 Å². The summed E-state index contributed by atoms with van der Waals surface area (Å²) >= 11 is 0. The molecule has 0 N–H and O–H groups in total. The summed E-state index contributed by atoms with van der Waals surface area (Å²) in [4.78, 5) is 29.7. The summed E-state index contributed by atoms with van der Waals surface area (Å²) in [5.74, 6) is 0.773. The highest BCUT2D eigenvalue weighted by molar-refractivity contribution is 5.94. The maximum absolute atomic E-state index is 13.0. The summed E-state index contributed by atoms with van der Waals surface area (Å²) in [6, 6.07) is 11.4. The highest BCUT2D eigenvalue weighted by Gasteiger charge is 2.21. The van der Waals surface area contributed by atoms with E-state index in [4.69, 9.17) is 0 Å². The van der Waals surface area contributed by atoms with Crippen LogP contribution in [0, 0.1) is 0 Å². The van der Waals surface area contributed by atoms with Crippen LogP contribution in [0.1, 0.15) is 35.3 Å². The van der Waals surface area contributed by atoms with Crippen molar-refractivity contribution >= 4 is 11.7 Å². The van der Waals surface area contributed by atoms with Gasteiger partial charge in [-0.25, -0.2) is 4.98 Å². The molecule has 144 valence electrons. The molecule has 2 aromatic heterocycles. The van der Waals surface area contributed by atoms with E-state index in [9.17, 15) is 4.79 Å². The number of aromatic nitrogens is 3. The van der Waals surface area contributed by atoms with Gasteiger partial charge in [-0.15, -0.1) is 0 Å². The van der Waals surface area contributed by atoms with E-state index in [0.29, 0.717) is 5.56 Å². The third kappa shape index (κ3) is 4.17. The first-order valence-corrected chi connectivity index (χ1v) is 9.28. The molecule has 0 aliphatic heterocycles. The second kappa shape index (κ2) is 8.61. The van der Waals surface area contributed by atoms with Gasteiger partial charge in [0, 0.05) is 44.7 Å². The van der Waals surface area contributed by atoms with E-state index >= 15 is 0 Å². The zero-order valence-electron chi connectivity index (χ0n) is 16.7. The lowest BCUT2D eigenvalue weighted by atomic mass is 10.0. The van der Waals surface area contributed by atoms with Gasteiger partial charge in [0.05, 0.1) is 24.1 Å². The van der Waals surface area contributed by atoms with E-state index in [1.54, 1.807) is 23.5 Å². The van der Waals surface area contributed by atoms with Gasteiger partial charge in [-0.1, -0.05) is 25.1 Å². The first kappa shape index (κ1) is 19.5. The van der Waals surface area contributed by atoms with Crippen LogP contribution < -0.4 is 4.90 Å². The minimum atomic E-state index is -0.0182. The van der Waals surface area contributed by atoms with E-state index in [1.165, 1.54) is 0 Å². The van der Waals surface area contributed by atoms with Crippen molar-refractivity contribution in [3.63, 3.8) is 0 Å². The summed E-state index contributed by atoms with van der Waals surface area (Å²) in [6.07, 6.45) is 7.83. The quantitative estimate of drug-likeness (QED) is 0.655. The Hall–Kier alpha value is -3.28. The number of amides is 1. The van der Waals surface area contributed by atoms with E-state index in [-0.39, 0.29) is 11.9 Å². The second-order valence-electron chi connectivity index (χ2n) is 6.86. The second-order valence-corrected chi connectivity index (χ2v) is 6.86. The molecule has 0 saturated heterocycles. The van der Waals surface area contributed by atoms with Gasteiger partial charge < -0.3 is 9.80 Å². The number of anilines is 1. The lowest BCUT2D eigenvalue weighted by Gasteiger charge is -2.27. The summed E-state index contributed by atoms with van der Waals surface area (Å²) in [5, 5.41) is 0. The topological polar surface area (TPSA) is 62.2 Å². The Morgan fingerprint density at radius 2 is 1.75 bits per heavy atom. The molecule has 0 spiro atoms. The Morgan fingerprint density at radius 3 is 2.36 bits per heavy atom. The van der Waals surface area contributed by atoms with Gasteiger partial charge in [0.15, 0.2) is 0 Å². The normalized spacial score (nSPS) is 11.7. The number of benzene rings is 1. The number of hydrogen-bond acceptors (Lipinski definition) is 5. The largest absolute Gasteiger partial charge is 0.361 e. The summed E-state index contributed by atoms with van der Waals surface area (Å²) in [6.45, 7) is 2.07.